The van der Waals surface area contributed by atoms with Crippen LogP contribution in [0.4, 0.5) is 0 Å². The lowest BCUT2D eigenvalue weighted by atomic mass is 9.93. The number of hydrogen-bond acceptors (Lipinski definition) is 1. The summed E-state index contributed by atoms with van der Waals surface area (Å²) >= 11 is 0. The highest BCUT2D eigenvalue weighted by atomic mass is 15.0. The van der Waals surface area contributed by atoms with Gasteiger partial charge in [-0.3, -0.25) is 0 Å². The van der Waals surface area contributed by atoms with E-state index in [0.717, 1.165) is 13.0 Å². The molecule has 0 aliphatic heterocycles. The van der Waals surface area contributed by atoms with Crippen molar-refractivity contribution >= 4 is 32.3 Å². The molecule has 0 saturated heterocycles. The number of likely N-dealkylation sites (N-methyl/N-ethyl adjacent to an activating group) is 1. The molecule has 1 nitrogen and oxygen atoms in total. The summed E-state index contributed by atoms with van der Waals surface area (Å²) in [5, 5.41) is 8.12. The Bertz CT molecular complexity index is 963. The van der Waals surface area contributed by atoms with Crippen LogP contribution >= 0.6 is 0 Å². The Morgan fingerprint density at radius 1 is 0.609 bits per heavy atom. The first-order chi connectivity index (χ1) is 11.2. The summed E-state index contributed by atoms with van der Waals surface area (Å²) < 4.78 is 0. The maximum atomic E-state index is 2.38. The molecule has 0 bridgehead atoms. The number of nitrogens with zero attached hydrogens (tertiary/aromatic N) is 1. The summed E-state index contributed by atoms with van der Waals surface area (Å²) in [6.45, 7) is 1.08. The number of hydrogen-bond donors (Lipinski definition) is 0. The summed E-state index contributed by atoms with van der Waals surface area (Å²) in [6.07, 6.45) is 1.09. The molecule has 0 aliphatic carbocycles. The van der Waals surface area contributed by atoms with Crippen LogP contribution in [0.5, 0.6) is 0 Å². The maximum Gasteiger partial charge on any atom is 0.00157 e. The molecule has 0 amide bonds. The van der Waals surface area contributed by atoms with Crippen molar-refractivity contribution in [3.05, 3.63) is 72.3 Å². The van der Waals surface area contributed by atoms with Gasteiger partial charge in [0.15, 0.2) is 0 Å². The Kier molecular flexibility index (Phi) is 3.51. The fourth-order valence-corrected chi connectivity index (χ4v) is 3.46. The summed E-state index contributed by atoms with van der Waals surface area (Å²) in [5.74, 6) is 0. The molecule has 0 fully saturated rings. The van der Waals surface area contributed by atoms with E-state index in [4.69, 9.17) is 0 Å². The van der Waals surface area contributed by atoms with Gasteiger partial charge in [0.1, 0.15) is 0 Å². The highest BCUT2D eigenvalue weighted by Gasteiger charge is 2.08. The van der Waals surface area contributed by atoms with Crippen molar-refractivity contribution in [2.24, 2.45) is 0 Å². The van der Waals surface area contributed by atoms with E-state index >= 15 is 0 Å². The third-order valence-electron chi connectivity index (χ3n) is 4.66. The van der Waals surface area contributed by atoms with Gasteiger partial charge in [-0.1, -0.05) is 66.7 Å². The highest BCUT2D eigenvalue weighted by Crippen LogP contribution is 2.35. The lowest BCUT2D eigenvalue weighted by molar-refractivity contribution is 0.414. The molecule has 0 saturated carbocycles. The molecule has 23 heavy (non-hydrogen) atoms. The van der Waals surface area contributed by atoms with E-state index in [1.807, 2.05) is 0 Å². The zero-order valence-corrected chi connectivity index (χ0v) is 13.7. The van der Waals surface area contributed by atoms with Crippen LogP contribution in [-0.4, -0.2) is 25.5 Å². The number of fused-ring (bicyclic) bond motifs is 6. The van der Waals surface area contributed by atoms with E-state index in [9.17, 15) is 0 Å². The van der Waals surface area contributed by atoms with E-state index < -0.39 is 0 Å². The molecule has 0 atom stereocenters. The van der Waals surface area contributed by atoms with Crippen LogP contribution in [0.3, 0.4) is 0 Å². The van der Waals surface area contributed by atoms with E-state index in [1.54, 1.807) is 0 Å². The van der Waals surface area contributed by atoms with Gasteiger partial charge in [-0.2, -0.15) is 0 Å². The Balaban J connectivity index is 2.04. The predicted molar refractivity (Wildman–Crippen MR) is 101 cm³/mol. The van der Waals surface area contributed by atoms with Gasteiger partial charge in [-0.05, 0) is 58.4 Å². The molecule has 0 aromatic heterocycles. The van der Waals surface area contributed by atoms with E-state index in [2.05, 4.69) is 85.7 Å². The number of benzene rings is 4. The van der Waals surface area contributed by atoms with Crippen molar-refractivity contribution in [2.75, 3.05) is 20.6 Å². The molecule has 0 unspecified atom stereocenters. The van der Waals surface area contributed by atoms with E-state index in [1.165, 1.54) is 37.9 Å². The minimum atomic E-state index is 1.08. The molecule has 4 aromatic rings. The predicted octanol–water partition coefficient (Wildman–Crippen LogP) is 5.25. The quantitative estimate of drug-likeness (QED) is 0.467. The van der Waals surface area contributed by atoms with Gasteiger partial charge < -0.3 is 4.90 Å². The van der Waals surface area contributed by atoms with Crippen LogP contribution in [0.25, 0.3) is 32.3 Å². The maximum absolute atomic E-state index is 2.38. The minimum Gasteiger partial charge on any atom is -0.309 e. The van der Waals surface area contributed by atoms with Crippen molar-refractivity contribution in [3.8, 4) is 0 Å². The van der Waals surface area contributed by atoms with Gasteiger partial charge in [0.25, 0.3) is 0 Å². The second kappa shape index (κ2) is 5.68. The summed E-state index contributed by atoms with van der Waals surface area (Å²) in [5.41, 5.74) is 1.41. The fourth-order valence-electron chi connectivity index (χ4n) is 3.46. The van der Waals surface area contributed by atoms with Crippen LogP contribution in [0.1, 0.15) is 5.56 Å². The molecule has 0 aliphatic rings. The normalized spacial score (nSPS) is 11.8. The van der Waals surface area contributed by atoms with Crippen LogP contribution in [0, 0.1) is 0 Å². The van der Waals surface area contributed by atoms with Gasteiger partial charge >= 0.3 is 0 Å². The first-order valence-corrected chi connectivity index (χ1v) is 8.21. The Morgan fingerprint density at radius 3 is 1.61 bits per heavy atom. The van der Waals surface area contributed by atoms with Crippen molar-refractivity contribution in [1.29, 1.82) is 0 Å². The Morgan fingerprint density at radius 2 is 1.09 bits per heavy atom. The van der Waals surface area contributed by atoms with Gasteiger partial charge in [-0.15, -0.1) is 0 Å². The first-order valence-electron chi connectivity index (χ1n) is 8.21. The Hall–Kier alpha value is -2.38. The molecule has 1 heteroatoms. The van der Waals surface area contributed by atoms with Crippen LogP contribution < -0.4 is 0 Å². The van der Waals surface area contributed by atoms with Crippen LogP contribution in [0.15, 0.2) is 66.7 Å². The molecular formula is C22H21N. The lowest BCUT2D eigenvalue weighted by Crippen LogP contribution is -2.14. The molecule has 0 spiro atoms. The monoisotopic (exact) mass is 299 g/mol. The zero-order valence-electron chi connectivity index (χ0n) is 13.7. The SMILES string of the molecule is CN(C)CCc1ccc2c3ccccc3c3ccccc3c2c1. The van der Waals surface area contributed by atoms with Gasteiger partial charge in [-0.25, -0.2) is 0 Å². The fraction of sp³-hybridized carbons (Fsp3) is 0.182. The van der Waals surface area contributed by atoms with Gasteiger partial charge in [0.2, 0.25) is 0 Å². The Labute approximate surface area is 137 Å². The van der Waals surface area contributed by atoms with Gasteiger partial charge in [0, 0.05) is 6.54 Å². The van der Waals surface area contributed by atoms with Crippen LogP contribution in [-0.2, 0) is 6.42 Å². The molecule has 114 valence electrons. The largest absolute Gasteiger partial charge is 0.309 e. The molecule has 4 aromatic carbocycles. The van der Waals surface area contributed by atoms with Crippen molar-refractivity contribution < 1.29 is 0 Å². The van der Waals surface area contributed by atoms with Gasteiger partial charge in [0.05, 0.1) is 0 Å². The minimum absolute atomic E-state index is 1.08. The first kappa shape index (κ1) is 14.2. The second-order valence-electron chi connectivity index (χ2n) is 6.52. The average Bonchev–Trinajstić information content (AvgIpc) is 2.60. The topological polar surface area (TPSA) is 3.24 Å². The summed E-state index contributed by atoms with van der Waals surface area (Å²) in [7, 11) is 4.26. The standard InChI is InChI=1S/C22H21N/c1-23(2)14-13-16-11-12-21-19-9-4-3-7-17(19)18-8-5-6-10-20(18)22(21)15-16/h3-12,15H,13-14H2,1-2H3. The van der Waals surface area contributed by atoms with Crippen molar-refractivity contribution in [1.82, 2.24) is 4.90 Å². The van der Waals surface area contributed by atoms with E-state index in [0.29, 0.717) is 0 Å². The van der Waals surface area contributed by atoms with Crippen molar-refractivity contribution in [3.63, 3.8) is 0 Å². The number of rotatable bonds is 3. The third-order valence-corrected chi connectivity index (χ3v) is 4.66. The second-order valence-corrected chi connectivity index (χ2v) is 6.52. The smallest absolute Gasteiger partial charge is 0.00157 e. The molecule has 0 heterocycles. The lowest BCUT2D eigenvalue weighted by Gasteiger charge is -2.13. The third kappa shape index (κ3) is 2.47. The average molecular weight is 299 g/mol. The zero-order chi connectivity index (χ0) is 15.8. The van der Waals surface area contributed by atoms with E-state index in [-0.39, 0.29) is 0 Å². The van der Waals surface area contributed by atoms with Crippen LogP contribution in [0.2, 0.25) is 0 Å². The molecule has 4 rings (SSSR count). The highest BCUT2D eigenvalue weighted by molar-refractivity contribution is 6.25. The summed E-state index contributed by atoms with van der Waals surface area (Å²) in [6, 6.07) is 24.5. The molecule has 0 N–H and O–H groups in total. The van der Waals surface area contributed by atoms with Crippen molar-refractivity contribution in [2.45, 2.75) is 6.42 Å². The molecular weight excluding hydrogens is 278 g/mol. The summed E-state index contributed by atoms with van der Waals surface area (Å²) in [4.78, 5) is 2.24. The molecule has 0 radical (unpaired) electrons.